The molecule has 2 heterocycles. The van der Waals surface area contributed by atoms with Crippen LogP contribution in [0.1, 0.15) is 13.8 Å². The molecule has 0 spiro atoms. The number of ether oxygens (including phenoxy) is 6. The van der Waals surface area contributed by atoms with Crippen LogP contribution in [-0.4, -0.2) is 73.1 Å². The van der Waals surface area contributed by atoms with Gasteiger partial charge in [0.05, 0.1) is 39.5 Å². The molecule has 6 rings (SSSR count). The van der Waals surface area contributed by atoms with Crippen LogP contribution in [0.2, 0.25) is 10.0 Å². The van der Waals surface area contributed by atoms with E-state index in [0.717, 1.165) is 4.31 Å². The van der Waals surface area contributed by atoms with Gasteiger partial charge in [0.15, 0.2) is 23.0 Å². The fraction of sp³-hybridized carbons (Fsp3) is 0.294. The number of halogens is 2. The second-order valence-corrected chi connectivity index (χ2v) is 14.5. The number of sulfonamides is 1. The largest absolute Gasteiger partial charge is 0.486 e. The van der Waals surface area contributed by atoms with Crippen LogP contribution in [-0.2, 0) is 29.1 Å². The molecule has 0 radical (unpaired) electrons. The van der Waals surface area contributed by atoms with Crippen molar-refractivity contribution in [3.05, 3.63) is 70.7 Å². The minimum atomic E-state index is -4.52. The average Bonchev–Trinajstić information content (AvgIpc) is 3.10. The first kappa shape index (κ1) is 35.6. The summed E-state index contributed by atoms with van der Waals surface area (Å²) in [4.78, 5) is 26.2. The first-order valence-corrected chi connectivity index (χ1v) is 18.6. The number of anilines is 2. The minimum absolute atomic E-state index is 0.0413. The maximum Gasteiger partial charge on any atom is 0.326 e. The fourth-order valence-electron chi connectivity index (χ4n) is 5.41. The minimum Gasteiger partial charge on any atom is -0.486 e. The average molecular weight is 764 g/mol. The van der Waals surface area contributed by atoms with Crippen molar-refractivity contribution < 1.29 is 46.4 Å². The van der Waals surface area contributed by atoms with Gasteiger partial charge in [-0.25, -0.2) is 8.42 Å². The summed E-state index contributed by atoms with van der Waals surface area (Å²) in [6.07, 6.45) is 0. The van der Waals surface area contributed by atoms with Crippen LogP contribution in [0.15, 0.2) is 70.5 Å². The summed E-state index contributed by atoms with van der Waals surface area (Å²) >= 11 is 14.4. The van der Waals surface area contributed by atoms with Crippen LogP contribution >= 0.6 is 35.1 Å². The Morgan fingerprint density at radius 2 is 1.22 bits per heavy atom. The zero-order chi connectivity index (χ0) is 35.4. The van der Waals surface area contributed by atoms with Gasteiger partial charge in [0.2, 0.25) is 0 Å². The number of nitrogens with zero attached hydrogens (tertiary/aromatic N) is 2. The molecule has 0 amide bonds. The molecule has 2 aliphatic rings. The predicted molar refractivity (Wildman–Crippen MR) is 190 cm³/mol. The van der Waals surface area contributed by atoms with E-state index in [0.29, 0.717) is 56.8 Å². The molecule has 12 nitrogen and oxygen atoms in total. The molecule has 2 aliphatic heterocycles. The van der Waals surface area contributed by atoms with E-state index >= 15 is 0 Å². The molecule has 0 aromatic heterocycles. The molecule has 264 valence electrons. The van der Waals surface area contributed by atoms with Gasteiger partial charge in [-0.1, -0.05) is 47.5 Å². The zero-order valence-electron chi connectivity index (χ0n) is 27.0. The number of hydrogen-bond donors (Lipinski definition) is 0. The summed E-state index contributed by atoms with van der Waals surface area (Å²) in [7, 11) is -4.52. The van der Waals surface area contributed by atoms with Crippen molar-refractivity contribution in [1.82, 2.24) is 0 Å². The lowest BCUT2D eigenvalue weighted by molar-refractivity contribution is -0.142. The molecule has 0 bridgehead atoms. The maximum absolute atomic E-state index is 14.5. The molecule has 0 unspecified atom stereocenters. The second kappa shape index (κ2) is 15.3. The first-order valence-electron chi connectivity index (χ1n) is 15.6. The Morgan fingerprint density at radius 3 is 1.82 bits per heavy atom. The number of carbonyl (C=O) groups excluding carboxylic acids is 2. The molecular weight excluding hydrogens is 731 g/mol. The van der Waals surface area contributed by atoms with Gasteiger partial charge in [-0.05, 0) is 37.9 Å². The molecule has 0 saturated heterocycles. The smallest absolute Gasteiger partial charge is 0.326 e. The quantitative estimate of drug-likeness (QED) is 0.115. The lowest BCUT2D eigenvalue weighted by Crippen LogP contribution is -2.37. The third-order valence-corrected chi connectivity index (χ3v) is 11.3. The molecular formula is C34H32Cl2N2O10S2. The van der Waals surface area contributed by atoms with Crippen LogP contribution in [0, 0.1) is 0 Å². The van der Waals surface area contributed by atoms with Crippen LogP contribution in [0.3, 0.4) is 0 Å². The lowest BCUT2D eigenvalue weighted by atomic mass is 10.1. The molecule has 0 saturated carbocycles. The van der Waals surface area contributed by atoms with Crippen molar-refractivity contribution in [3.63, 3.8) is 0 Å². The number of esters is 2. The third-order valence-electron chi connectivity index (χ3n) is 7.54. The molecule has 4 aromatic rings. The van der Waals surface area contributed by atoms with Gasteiger partial charge in [-0.2, -0.15) is 0 Å². The van der Waals surface area contributed by atoms with E-state index < -0.39 is 28.5 Å². The van der Waals surface area contributed by atoms with Gasteiger partial charge in [0.1, 0.15) is 44.4 Å². The Morgan fingerprint density at radius 1 is 0.720 bits per heavy atom. The molecule has 4 aromatic carbocycles. The number of carbonyl (C=O) groups is 2. The van der Waals surface area contributed by atoms with Gasteiger partial charge in [0.25, 0.3) is 10.0 Å². The zero-order valence-corrected chi connectivity index (χ0v) is 30.1. The van der Waals surface area contributed by atoms with E-state index in [9.17, 15) is 18.0 Å². The van der Waals surface area contributed by atoms with E-state index in [-0.39, 0.29) is 54.3 Å². The molecule has 50 heavy (non-hydrogen) atoms. The van der Waals surface area contributed by atoms with Gasteiger partial charge in [-0.15, -0.1) is 0 Å². The van der Waals surface area contributed by atoms with E-state index in [1.54, 1.807) is 66.7 Å². The normalized spacial score (nSPS) is 13.4. The highest BCUT2D eigenvalue weighted by Gasteiger charge is 2.33. The Bertz CT molecular complexity index is 2050. The predicted octanol–water partition coefficient (Wildman–Crippen LogP) is 6.52. The maximum atomic E-state index is 14.5. The summed E-state index contributed by atoms with van der Waals surface area (Å²) in [5.74, 6) is 0.270. The highest BCUT2D eigenvalue weighted by atomic mass is 35.5. The summed E-state index contributed by atoms with van der Waals surface area (Å²) in [5, 5.41) is 1.27. The molecule has 0 fully saturated rings. The molecule has 0 aliphatic carbocycles. The van der Waals surface area contributed by atoms with Crippen molar-refractivity contribution in [1.29, 1.82) is 0 Å². The van der Waals surface area contributed by atoms with Crippen molar-refractivity contribution in [2.24, 2.45) is 0 Å². The Kier molecular flexibility index (Phi) is 10.9. The number of rotatable bonds is 12. The van der Waals surface area contributed by atoms with Crippen LogP contribution < -0.4 is 27.6 Å². The number of fused-ring (bicyclic) bond motifs is 3. The van der Waals surface area contributed by atoms with Gasteiger partial charge in [0, 0.05) is 35.0 Å². The van der Waals surface area contributed by atoms with E-state index in [4.69, 9.17) is 51.6 Å². The summed E-state index contributed by atoms with van der Waals surface area (Å²) in [6, 6.07) is 16.3. The van der Waals surface area contributed by atoms with E-state index in [1.165, 1.54) is 24.1 Å². The van der Waals surface area contributed by atoms with Crippen LogP contribution in [0.4, 0.5) is 11.4 Å². The Labute approximate surface area is 303 Å². The van der Waals surface area contributed by atoms with Crippen molar-refractivity contribution in [2.75, 3.05) is 61.3 Å². The lowest BCUT2D eigenvalue weighted by Gasteiger charge is -2.29. The monoisotopic (exact) mass is 762 g/mol. The Hall–Kier alpha value is -4.24. The highest BCUT2D eigenvalue weighted by Crippen LogP contribution is 2.45. The molecule has 0 N–H and O–H groups in total. The second-order valence-electron chi connectivity index (χ2n) is 10.8. The van der Waals surface area contributed by atoms with Crippen LogP contribution in [0.25, 0.3) is 10.8 Å². The standard InChI is InChI=1S/C34H32Cl2N2O10S2/c1-3-43-33(39)19-37(49-31-17-29-27(15-23(31)35)45-11-13-47-29)25-9-10-26(22-8-6-5-7-21(22)25)38(20-34(40)44-4-2)50(41,42)32-18-30-28(16-24(32)36)46-12-14-48-30/h5-10,15-18H,3-4,11-14,19-20H2,1-2H3. The van der Waals surface area contributed by atoms with E-state index in [2.05, 4.69) is 0 Å². The summed E-state index contributed by atoms with van der Waals surface area (Å²) < 4.78 is 64.7. The van der Waals surface area contributed by atoms with Crippen molar-refractivity contribution in [2.45, 2.75) is 23.6 Å². The topological polar surface area (TPSA) is 130 Å². The summed E-state index contributed by atoms with van der Waals surface area (Å²) in [5.41, 5.74) is 0.709. The third kappa shape index (κ3) is 7.43. The van der Waals surface area contributed by atoms with Gasteiger partial charge >= 0.3 is 11.9 Å². The van der Waals surface area contributed by atoms with Gasteiger partial charge in [-0.3, -0.25) is 13.9 Å². The van der Waals surface area contributed by atoms with E-state index in [1.807, 2.05) is 0 Å². The summed E-state index contributed by atoms with van der Waals surface area (Å²) in [6.45, 7) is 3.99. The SMILES string of the molecule is CCOC(=O)CN(Sc1cc2c(cc1Cl)OCCO2)c1ccc(N(CC(=O)OCC)S(=O)(=O)c2cc3c(cc2Cl)OCCO3)c2ccccc12. The van der Waals surface area contributed by atoms with Crippen molar-refractivity contribution >= 4 is 79.3 Å². The van der Waals surface area contributed by atoms with Gasteiger partial charge < -0.3 is 32.7 Å². The highest BCUT2D eigenvalue weighted by molar-refractivity contribution is 8.00. The fourth-order valence-corrected chi connectivity index (χ4v) is 8.58. The number of hydrogen-bond acceptors (Lipinski definition) is 12. The molecule has 0 atom stereocenters. The number of benzene rings is 4. The first-order chi connectivity index (χ1) is 24.1. The van der Waals surface area contributed by atoms with Crippen molar-refractivity contribution in [3.8, 4) is 23.0 Å². The Balaban J connectivity index is 1.47. The van der Waals surface area contributed by atoms with Crippen LogP contribution in [0.5, 0.6) is 23.0 Å². The molecule has 16 heteroatoms.